The van der Waals surface area contributed by atoms with E-state index >= 15 is 0 Å². The number of carbonyl (C=O) groups is 4. The number of nitrogens with one attached hydrogen (secondary N) is 2. The zero-order valence-electron chi connectivity index (χ0n) is 17.9. The van der Waals surface area contributed by atoms with Gasteiger partial charge < -0.3 is 20.6 Å². The Hall–Kier alpha value is -2.94. The van der Waals surface area contributed by atoms with Gasteiger partial charge in [-0.2, -0.15) is 0 Å². The van der Waals surface area contributed by atoms with Crippen LogP contribution in [-0.4, -0.2) is 76.3 Å². The van der Waals surface area contributed by atoms with Crippen LogP contribution in [0.3, 0.4) is 0 Å². The summed E-state index contributed by atoms with van der Waals surface area (Å²) < 4.78 is 0. The molecule has 1 heterocycles. The molecule has 2 atom stereocenters. The third kappa shape index (κ3) is 7.02. The Morgan fingerprint density at radius 3 is 2.39 bits per heavy atom. The molecule has 168 valence electrons. The van der Waals surface area contributed by atoms with Crippen LogP contribution in [-0.2, 0) is 20.8 Å². The van der Waals surface area contributed by atoms with Crippen molar-refractivity contribution in [3.05, 3.63) is 83.1 Å². The van der Waals surface area contributed by atoms with E-state index in [1.807, 2.05) is 42.5 Å². The van der Waals surface area contributed by atoms with E-state index in [4.69, 9.17) is 0 Å². The van der Waals surface area contributed by atoms with Crippen molar-refractivity contribution in [1.29, 1.82) is 0 Å². The van der Waals surface area contributed by atoms with Crippen LogP contribution in [0.4, 0.5) is 4.79 Å². The molecule has 8 nitrogen and oxygen atoms in total. The zero-order valence-corrected chi connectivity index (χ0v) is 17.9. The van der Waals surface area contributed by atoms with E-state index in [9.17, 15) is 24.3 Å². The summed E-state index contributed by atoms with van der Waals surface area (Å²) >= 11 is 0. The minimum absolute atomic E-state index is 0. The number of aliphatic carboxylic acids is 1. The molecule has 3 N–H and O–H groups in total. The van der Waals surface area contributed by atoms with Crippen molar-refractivity contribution in [1.82, 2.24) is 15.5 Å². The number of Topliss-reactive ketones (excluding diaryl/α,β-unsaturated/α-hetero) is 1. The summed E-state index contributed by atoms with van der Waals surface area (Å²) in [6.45, 7) is 1.56. The molecular formula is C24H26N3NaO5. The maximum atomic E-state index is 12.6. The van der Waals surface area contributed by atoms with Crippen molar-refractivity contribution in [3.8, 4) is 0 Å². The Morgan fingerprint density at radius 1 is 1.06 bits per heavy atom. The number of nitrogens with zero attached hydrogens (tertiary/aromatic N) is 1. The van der Waals surface area contributed by atoms with Crippen molar-refractivity contribution in [2.45, 2.75) is 31.8 Å². The predicted octanol–water partition coefficient (Wildman–Crippen LogP) is 1.76. The molecule has 1 unspecified atom stereocenters. The van der Waals surface area contributed by atoms with Crippen LogP contribution in [0.2, 0.25) is 0 Å². The number of carboxylic acid groups (broad SMARTS) is 1. The molecule has 2 aromatic carbocycles. The number of hydrogen-bond donors (Lipinski definition) is 3. The van der Waals surface area contributed by atoms with E-state index in [1.165, 1.54) is 18.1 Å². The van der Waals surface area contributed by atoms with Gasteiger partial charge >= 0.3 is 41.6 Å². The van der Waals surface area contributed by atoms with E-state index in [1.54, 1.807) is 19.1 Å². The summed E-state index contributed by atoms with van der Waals surface area (Å²) in [5.74, 6) is -2.15. The summed E-state index contributed by atoms with van der Waals surface area (Å²) in [6, 6.07) is 14.2. The number of ketones is 1. The van der Waals surface area contributed by atoms with Crippen LogP contribution in [0.15, 0.2) is 66.4 Å². The fourth-order valence-corrected chi connectivity index (χ4v) is 3.60. The number of amides is 3. The number of benzene rings is 2. The molecule has 3 amide bonds. The predicted molar refractivity (Wildman–Crippen MR) is 125 cm³/mol. The fraction of sp³-hybridized carbons (Fsp3) is 0.250. The van der Waals surface area contributed by atoms with Crippen molar-refractivity contribution >= 4 is 53.2 Å². The summed E-state index contributed by atoms with van der Waals surface area (Å²) in [6.07, 6.45) is 1.71. The van der Waals surface area contributed by atoms with Crippen molar-refractivity contribution < 1.29 is 24.3 Å². The van der Waals surface area contributed by atoms with Gasteiger partial charge in [0.05, 0.1) is 12.5 Å². The van der Waals surface area contributed by atoms with Gasteiger partial charge in [0.1, 0.15) is 0 Å². The average molecular weight is 459 g/mol. The zero-order chi connectivity index (χ0) is 23.3. The molecule has 0 radical (unpaired) electrons. The molecule has 0 aromatic heterocycles. The Balaban J connectivity index is 0.00000385. The van der Waals surface area contributed by atoms with Gasteiger partial charge in [0.25, 0.3) is 5.91 Å². The SMILES string of the molecule is CC1=CN(C)C(=O)C(NC(=O)N[C@@H](CC(=O)O)c2cccc(Cc3ccccc3)c2)C1=O.[NaH]. The average Bonchev–Trinajstić information content (AvgIpc) is 2.75. The fourth-order valence-electron chi connectivity index (χ4n) is 3.60. The number of hydrogen-bond acceptors (Lipinski definition) is 4. The van der Waals surface area contributed by atoms with Crippen molar-refractivity contribution in [3.63, 3.8) is 0 Å². The van der Waals surface area contributed by atoms with Crippen LogP contribution >= 0.6 is 0 Å². The Morgan fingerprint density at radius 2 is 1.73 bits per heavy atom. The normalized spacial score (nSPS) is 16.4. The Kier molecular flexibility index (Phi) is 9.40. The van der Waals surface area contributed by atoms with E-state index < -0.39 is 35.8 Å². The van der Waals surface area contributed by atoms with Gasteiger partial charge in [-0.05, 0) is 30.0 Å². The van der Waals surface area contributed by atoms with Gasteiger partial charge in [0.15, 0.2) is 11.8 Å². The topological polar surface area (TPSA) is 116 Å². The van der Waals surface area contributed by atoms with Gasteiger partial charge in [-0.15, -0.1) is 0 Å². The first-order chi connectivity index (χ1) is 15.2. The van der Waals surface area contributed by atoms with Crippen molar-refractivity contribution in [2.75, 3.05) is 7.05 Å². The molecule has 0 bridgehead atoms. The summed E-state index contributed by atoms with van der Waals surface area (Å²) in [7, 11) is 1.50. The minimum atomic E-state index is -1.35. The first kappa shape index (κ1) is 26.3. The molecule has 0 fully saturated rings. The Bertz CT molecular complexity index is 1070. The van der Waals surface area contributed by atoms with Gasteiger partial charge in [-0.3, -0.25) is 14.4 Å². The standard InChI is InChI=1S/C24H25N3O5.Na.H/c1-15-14-27(2)23(31)21(22(15)30)26-24(32)25-19(13-20(28)29)18-10-6-9-17(12-18)11-16-7-4-3-5-8-16;;/h3-10,12,14,19,21H,11,13H2,1-2H3,(H,28,29)(H2,25,26,32);;/t19-,21?;;/m0../s1. The third-order valence-corrected chi connectivity index (χ3v) is 5.20. The quantitative estimate of drug-likeness (QED) is 0.431. The maximum absolute atomic E-state index is 12.6. The number of carboxylic acids is 1. The number of carbonyl (C=O) groups excluding carboxylic acids is 3. The second-order valence-electron chi connectivity index (χ2n) is 7.73. The molecule has 0 aliphatic carbocycles. The van der Waals surface area contributed by atoms with Gasteiger partial charge in [-0.1, -0.05) is 54.6 Å². The van der Waals surface area contributed by atoms with E-state index in [0.717, 1.165) is 11.1 Å². The van der Waals surface area contributed by atoms with Gasteiger partial charge in [0.2, 0.25) is 0 Å². The van der Waals surface area contributed by atoms with Crippen LogP contribution in [0.25, 0.3) is 0 Å². The molecule has 0 saturated carbocycles. The van der Waals surface area contributed by atoms with Gasteiger partial charge in [-0.25, -0.2) is 4.79 Å². The molecule has 1 aliphatic heterocycles. The summed E-state index contributed by atoms with van der Waals surface area (Å²) in [5.41, 5.74) is 3.02. The molecule has 0 saturated heterocycles. The Labute approximate surface area is 214 Å². The summed E-state index contributed by atoms with van der Waals surface area (Å²) in [4.78, 5) is 49.9. The monoisotopic (exact) mass is 459 g/mol. The molecule has 0 spiro atoms. The molecule has 1 aliphatic rings. The number of likely N-dealkylation sites (N-methyl/N-ethyl adjacent to an activating group) is 1. The van der Waals surface area contributed by atoms with Crippen molar-refractivity contribution in [2.24, 2.45) is 0 Å². The van der Waals surface area contributed by atoms with Crippen LogP contribution in [0.5, 0.6) is 0 Å². The first-order valence-electron chi connectivity index (χ1n) is 10.2. The second kappa shape index (κ2) is 11.8. The molecule has 33 heavy (non-hydrogen) atoms. The second-order valence-corrected chi connectivity index (χ2v) is 7.73. The first-order valence-corrected chi connectivity index (χ1v) is 10.2. The molecule has 2 aromatic rings. The molecule has 9 heteroatoms. The third-order valence-electron chi connectivity index (χ3n) is 5.20. The van der Waals surface area contributed by atoms with E-state index in [-0.39, 0.29) is 36.0 Å². The van der Waals surface area contributed by atoms with Crippen LogP contribution < -0.4 is 10.6 Å². The van der Waals surface area contributed by atoms with E-state index in [0.29, 0.717) is 17.6 Å². The number of urea groups is 1. The molecular weight excluding hydrogens is 433 g/mol. The summed E-state index contributed by atoms with van der Waals surface area (Å²) in [5, 5.41) is 14.3. The van der Waals surface area contributed by atoms with Crippen LogP contribution in [0, 0.1) is 0 Å². The molecule has 3 rings (SSSR count). The van der Waals surface area contributed by atoms with Gasteiger partial charge in [0, 0.05) is 18.8 Å². The number of rotatable bonds is 7. The van der Waals surface area contributed by atoms with Crippen LogP contribution in [0.1, 0.15) is 36.1 Å². The van der Waals surface area contributed by atoms with E-state index in [2.05, 4.69) is 10.6 Å².